The third-order valence-electron chi connectivity index (χ3n) is 3.57. The molecule has 102 valence electrons. The highest BCUT2D eigenvalue weighted by Gasteiger charge is 2.13. The van der Waals surface area contributed by atoms with Crippen molar-refractivity contribution in [3.63, 3.8) is 0 Å². The van der Waals surface area contributed by atoms with Gasteiger partial charge in [0.05, 0.1) is 12.7 Å². The Morgan fingerprint density at radius 1 is 1.11 bits per heavy atom. The van der Waals surface area contributed by atoms with E-state index in [1.54, 1.807) is 6.92 Å². The Morgan fingerprint density at radius 3 is 2.53 bits per heavy atom. The van der Waals surface area contributed by atoms with Crippen molar-refractivity contribution in [2.45, 2.75) is 33.3 Å². The molecule has 0 aliphatic heterocycles. The van der Waals surface area contributed by atoms with E-state index in [1.165, 1.54) is 0 Å². The first-order valence-corrected chi connectivity index (χ1v) is 6.96. The van der Waals surface area contributed by atoms with E-state index in [1.807, 2.05) is 30.3 Å². The summed E-state index contributed by atoms with van der Waals surface area (Å²) in [6.07, 6.45) is 0.575. The highest BCUT2D eigenvalue weighted by atomic mass is 16.5. The first-order valence-electron chi connectivity index (χ1n) is 6.96. The van der Waals surface area contributed by atoms with Gasteiger partial charge in [0, 0.05) is 10.9 Å². The lowest BCUT2D eigenvalue weighted by Gasteiger charge is -2.18. The fourth-order valence-corrected chi connectivity index (χ4v) is 2.09. The van der Waals surface area contributed by atoms with E-state index in [0.29, 0.717) is 12.5 Å². The summed E-state index contributed by atoms with van der Waals surface area (Å²) in [6.45, 7) is 6.80. The van der Waals surface area contributed by atoms with Gasteiger partial charge in [0.2, 0.25) is 0 Å². The molecule has 0 heterocycles. The summed E-state index contributed by atoms with van der Waals surface area (Å²) in [4.78, 5) is 0. The summed E-state index contributed by atoms with van der Waals surface area (Å²) >= 11 is 0. The minimum absolute atomic E-state index is 0.515. The number of fused-ring (bicyclic) bond motifs is 1. The van der Waals surface area contributed by atoms with Gasteiger partial charge in [0.15, 0.2) is 0 Å². The van der Waals surface area contributed by atoms with E-state index >= 15 is 0 Å². The number of rotatable bonds is 5. The summed E-state index contributed by atoms with van der Waals surface area (Å²) in [5, 5.41) is 12.1. The first kappa shape index (κ1) is 13.9. The van der Waals surface area contributed by atoms with Crippen molar-refractivity contribution in [3.8, 4) is 5.75 Å². The van der Waals surface area contributed by atoms with Crippen molar-refractivity contribution >= 4 is 10.8 Å². The van der Waals surface area contributed by atoms with Gasteiger partial charge in [-0.3, -0.25) is 0 Å². The van der Waals surface area contributed by atoms with Crippen molar-refractivity contribution in [3.05, 3.63) is 42.0 Å². The Morgan fingerprint density at radius 2 is 1.84 bits per heavy atom. The van der Waals surface area contributed by atoms with Gasteiger partial charge in [-0.2, -0.15) is 0 Å². The van der Waals surface area contributed by atoms with Crippen molar-refractivity contribution in [2.24, 2.45) is 5.92 Å². The van der Waals surface area contributed by atoms with Gasteiger partial charge < -0.3 is 9.84 Å². The smallest absolute Gasteiger partial charge is 0.132 e. The lowest BCUT2D eigenvalue weighted by Crippen LogP contribution is -2.09. The van der Waals surface area contributed by atoms with Crippen LogP contribution >= 0.6 is 0 Å². The molecule has 0 aromatic heterocycles. The second-order valence-corrected chi connectivity index (χ2v) is 5.21. The molecular formula is C17H22O2. The fourth-order valence-electron chi connectivity index (χ4n) is 2.09. The van der Waals surface area contributed by atoms with Crippen molar-refractivity contribution in [1.82, 2.24) is 0 Å². The zero-order chi connectivity index (χ0) is 13.8. The van der Waals surface area contributed by atoms with Gasteiger partial charge in [-0.15, -0.1) is 0 Å². The predicted octanol–water partition coefficient (Wildman–Crippen LogP) is 4.32. The van der Waals surface area contributed by atoms with E-state index in [9.17, 15) is 5.11 Å². The summed E-state index contributed by atoms with van der Waals surface area (Å²) in [6, 6.07) is 12.1. The quantitative estimate of drug-likeness (QED) is 0.865. The van der Waals surface area contributed by atoms with Crippen LogP contribution in [0, 0.1) is 5.92 Å². The van der Waals surface area contributed by atoms with E-state index in [4.69, 9.17) is 4.74 Å². The molecule has 2 aromatic carbocycles. The molecule has 0 bridgehead atoms. The Labute approximate surface area is 115 Å². The molecule has 0 spiro atoms. The van der Waals surface area contributed by atoms with Crippen molar-refractivity contribution < 1.29 is 9.84 Å². The van der Waals surface area contributed by atoms with Crippen LogP contribution in [0.3, 0.4) is 0 Å². The van der Waals surface area contributed by atoms with Crippen LogP contribution in [0.2, 0.25) is 0 Å². The molecule has 2 atom stereocenters. The predicted molar refractivity (Wildman–Crippen MR) is 79.5 cm³/mol. The molecule has 0 aliphatic carbocycles. The van der Waals surface area contributed by atoms with Crippen LogP contribution in [0.4, 0.5) is 0 Å². The highest BCUT2D eigenvalue weighted by molar-refractivity contribution is 5.89. The number of ether oxygens (including phenoxy) is 1. The molecule has 0 saturated carbocycles. The Balaban J connectivity index is 2.43. The highest BCUT2D eigenvalue weighted by Crippen LogP contribution is 2.33. The van der Waals surface area contributed by atoms with Gasteiger partial charge in [0.1, 0.15) is 5.75 Å². The van der Waals surface area contributed by atoms with Crippen LogP contribution in [0.5, 0.6) is 5.75 Å². The molecule has 0 amide bonds. The van der Waals surface area contributed by atoms with Gasteiger partial charge in [-0.1, -0.05) is 56.7 Å². The average Bonchev–Trinajstić information content (AvgIpc) is 2.43. The molecule has 0 radical (unpaired) electrons. The third kappa shape index (κ3) is 3.07. The largest absolute Gasteiger partial charge is 0.492 e. The van der Waals surface area contributed by atoms with Crippen LogP contribution < -0.4 is 4.74 Å². The molecule has 19 heavy (non-hydrogen) atoms. The van der Waals surface area contributed by atoms with Gasteiger partial charge in [-0.05, 0) is 18.2 Å². The second-order valence-electron chi connectivity index (χ2n) is 5.21. The SMILES string of the molecule is CCC(C)COc1c([C@@H](C)O)ccc2ccccc12. The summed E-state index contributed by atoms with van der Waals surface area (Å²) in [5.41, 5.74) is 0.863. The zero-order valence-electron chi connectivity index (χ0n) is 11.9. The van der Waals surface area contributed by atoms with Crippen LogP contribution in [0.1, 0.15) is 38.9 Å². The molecule has 2 nitrogen and oxygen atoms in total. The molecule has 2 aromatic rings. The minimum Gasteiger partial charge on any atom is -0.492 e. The maximum atomic E-state index is 9.91. The molecule has 1 N–H and O–H groups in total. The van der Waals surface area contributed by atoms with E-state index < -0.39 is 6.10 Å². The molecule has 0 aliphatic rings. The Hall–Kier alpha value is -1.54. The lowest BCUT2D eigenvalue weighted by atomic mass is 10.0. The third-order valence-corrected chi connectivity index (χ3v) is 3.57. The van der Waals surface area contributed by atoms with Crippen LogP contribution in [-0.2, 0) is 0 Å². The van der Waals surface area contributed by atoms with Crippen LogP contribution in [-0.4, -0.2) is 11.7 Å². The van der Waals surface area contributed by atoms with Gasteiger partial charge in [0.25, 0.3) is 0 Å². The normalized spacial score (nSPS) is 14.3. The average molecular weight is 258 g/mol. The van der Waals surface area contributed by atoms with Crippen molar-refractivity contribution in [2.75, 3.05) is 6.61 Å². The zero-order valence-corrected chi connectivity index (χ0v) is 11.9. The first-order chi connectivity index (χ1) is 9.13. The Kier molecular flexibility index (Phi) is 4.43. The maximum absolute atomic E-state index is 9.91. The van der Waals surface area contributed by atoms with Crippen LogP contribution in [0.25, 0.3) is 10.8 Å². The fraction of sp³-hybridized carbons (Fsp3) is 0.412. The number of hydrogen-bond donors (Lipinski definition) is 1. The molecular weight excluding hydrogens is 236 g/mol. The standard InChI is InChI=1S/C17H22O2/c1-4-12(2)11-19-17-15(13(3)18)10-9-14-7-5-6-8-16(14)17/h5-10,12-13,18H,4,11H2,1-3H3/t12?,13-/m1/s1. The number of benzene rings is 2. The maximum Gasteiger partial charge on any atom is 0.132 e. The number of hydrogen-bond acceptors (Lipinski definition) is 2. The van der Waals surface area contributed by atoms with E-state index in [-0.39, 0.29) is 0 Å². The lowest BCUT2D eigenvalue weighted by molar-refractivity contribution is 0.187. The second kappa shape index (κ2) is 6.07. The van der Waals surface area contributed by atoms with Gasteiger partial charge >= 0.3 is 0 Å². The summed E-state index contributed by atoms with van der Waals surface area (Å²) < 4.78 is 6.00. The molecule has 2 rings (SSSR count). The Bertz CT molecular complexity index is 546. The van der Waals surface area contributed by atoms with Crippen LogP contribution in [0.15, 0.2) is 36.4 Å². The molecule has 0 saturated heterocycles. The monoisotopic (exact) mass is 258 g/mol. The molecule has 2 heteroatoms. The van der Waals surface area contributed by atoms with E-state index in [2.05, 4.69) is 19.9 Å². The molecule has 0 fully saturated rings. The molecule has 1 unspecified atom stereocenters. The number of aliphatic hydroxyl groups excluding tert-OH is 1. The van der Waals surface area contributed by atoms with Crippen molar-refractivity contribution in [1.29, 1.82) is 0 Å². The summed E-state index contributed by atoms with van der Waals surface area (Å²) in [7, 11) is 0. The topological polar surface area (TPSA) is 29.5 Å². The number of aliphatic hydroxyl groups is 1. The van der Waals surface area contributed by atoms with E-state index in [0.717, 1.165) is 28.5 Å². The summed E-state index contributed by atoms with van der Waals surface area (Å²) in [5.74, 6) is 1.34. The van der Waals surface area contributed by atoms with Gasteiger partial charge in [-0.25, -0.2) is 0 Å². The minimum atomic E-state index is -0.517.